The number of amides is 1. The number of carbonyl (C=O) groups excluding carboxylic acids is 1. The van der Waals surface area contributed by atoms with Gasteiger partial charge >= 0.3 is 0 Å². The molecule has 174 valence electrons. The number of anilines is 1. The summed E-state index contributed by atoms with van der Waals surface area (Å²) < 4.78 is 52.8. The van der Waals surface area contributed by atoms with Gasteiger partial charge in [-0.15, -0.1) is 0 Å². The highest BCUT2D eigenvalue weighted by atomic mass is 32.2. The average Bonchev–Trinajstić information content (AvgIpc) is 2.79. The van der Waals surface area contributed by atoms with Crippen molar-refractivity contribution in [3.63, 3.8) is 0 Å². The molecular formula is C24H25FN2O5S. The monoisotopic (exact) mass is 472 g/mol. The Hall–Kier alpha value is -3.59. The van der Waals surface area contributed by atoms with Crippen LogP contribution < -0.4 is 14.2 Å². The molecule has 0 bridgehead atoms. The molecule has 0 aliphatic carbocycles. The third kappa shape index (κ3) is 5.43. The highest BCUT2D eigenvalue weighted by Gasteiger charge is 2.22. The second-order valence-electron chi connectivity index (χ2n) is 7.42. The number of carbonyl (C=O) groups is 1. The number of nitrogens with zero attached hydrogens (tertiary/aromatic N) is 1. The molecule has 0 aromatic heterocycles. The zero-order valence-electron chi connectivity index (χ0n) is 18.8. The highest BCUT2D eigenvalue weighted by molar-refractivity contribution is 7.92. The third-order valence-corrected chi connectivity index (χ3v) is 6.57. The highest BCUT2D eigenvalue weighted by Crippen LogP contribution is 2.28. The second kappa shape index (κ2) is 9.91. The van der Waals surface area contributed by atoms with Gasteiger partial charge in [-0.25, -0.2) is 12.8 Å². The number of benzene rings is 3. The number of ether oxygens (including phenoxy) is 2. The van der Waals surface area contributed by atoms with Gasteiger partial charge in [0.25, 0.3) is 15.9 Å². The summed E-state index contributed by atoms with van der Waals surface area (Å²) in [5.41, 5.74) is 1.53. The maximum Gasteiger partial charge on any atom is 0.262 e. The summed E-state index contributed by atoms with van der Waals surface area (Å²) in [5, 5.41) is 0. The number of hydrogen-bond donors (Lipinski definition) is 1. The predicted molar refractivity (Wildman–Crippen MR) is 124 cm³/mol. The first-order valence-electron chi connectivity index (χ1n) is 10.0. The summed E-state index contributed by atoms with van der Waals surface area (Å²) in [6, 6.07) is 15.6. The van der Waals surface area contributed by atoms with Crippen LogP contribution in [0.5, 0.6) is 11.5 Å². The van der Waals surface area contributed by atoms with E-state index in [1.54, 1.807) is 56.4 Å². The average molecular weight is 473 g/mol. The van der Waals surface area contributed by atoms with Crippen LogP contribution in [0, 0.1) is 12.7 Å². The van der Waals surface area contributed by atoms with Crippen LogP contribution in [0.2, 0.25) is 0 Å². The van der Waals surface area contributed by atoms with Crippen LogP contribution in [-0.2, 0) is 16.6 Å². The van der Waals surface area contributed by atoms with E-state index in [0.29, 0.717) is 16.9 Å². The molecule has 0 saturated heterocycles. The van der Waals surface area contributed by atoms with Crippen LogP contribution in [0.15, 0.2) is 65.6 Å². The van der Waals surface area contributed by atoms with E-state index in [9.17, 15) is 17.6 Å². The lowest BCUT2D eigenvalue weighted by Gasteiger charge is -2.19. The molecule has 0 unspecified atom stereocenters. The minimum atomic E-state index is -3.99. The van der Waals surface area contributed by atoms with E-state index in [1.807, 2.05) is 0 Å². The maximum absolute atomic E-state index is 14.0. The Morgan fingerprint density at radius 3 is 2.36 bits per heavy atom. The quantitative estimate of drug-likeness (QED) is 0.531. The first-order chi connectivity index (χ1) is 15.7. The van der Waals surface area contributed by atoms with Gasteiger partial charge in [0.1, 0.15) is 5.75 Å². The van der Waals surface area contributed by atoms with Gasteiger partial charge in [-0.3, -0.25) is 9.52 Å². The SMILES string of the molecule is COc1ccc(CN(C)C(=O)c2ccc(C)c(S(=O)(=O)Nc3ccccc3OC)c2)cc1F. The van der Waals surface area contributed by atoms with Crippen LogP contribution in [-0.4, -0.2) is 40.5 Å². The Bertz CT molecular complexity index is 1280. The normalized spacial score (nSPS) is 11.1. The summed E-state index contributed by atoms with van der Waals surface area (Å²) >= 11 is 0. The molecule has 0 radical (unpaired) electrons. The molecule has 0 atom stereocenters. The molecule has 0 saturated carbocycles. The molecule has 1 N–H and O–H groups in total. The minimum Gasteiger partial charge on any atom is -0.495 e. The van der Waals surface area contributed by atoms with Crippen LogP contribution >= 0.6 is 0 Å². The van der Waals surface area contributed by atoms with Crippen molar-refractivity contribution < 1.29 is 27.1 Å². The number of rotatable bonds is 8. The Morgan fingerprint density at radius 2 is 1.70 bits per heavy atom. The zero-order chi connectivity index (χ0) is 24.2. The third-order valence-electron chi connectivity index (χ3n) is 5.06. The van der Waals surface area contributed by atoms with E-state index in [4.69, 9.17) is 9.47 Å². The summed E-state index contributed by atoms with van der Waals surface area (Å²) in [7, 11) is 0.387. The molecule has 0 aliphatic heterocycles. The minimum absolute atomic E-state index is 0.0249. The number of sulfonamides is 1. The van der Waals surface area contributed by atoms with E-state index in [1.165, 1.54) is 37.3 Å². The first kappa shape index (κ1) is 24.1. The summed E-state index contributed by atoms with van der Waals surface area (Å²) in [4.78, 5) is 14.3. The van der Waals surface area contributed by atoms with E-state index in [-0.39, 0.29) is 28.4 Å². The fraction of sp³-hybridized carbons (Fsp3) is 0.208. The Morgan fingerprint density at radius 1 is 1.00 bits per heavy atom. The van der Waals surface area contributed by atoms with Crippen molar-refractivity contribution in [2.45, 2.75) is 18.4 Å². The van der Waals surface area contributed by atoms with Gasteiger partial charge < -0.3 is 14.4 Å². The van der Waals surface area contributed by atoms with E-state index in [2.05, 4.69) is 4.72 Å². The Labute approximate surface area is 192 Å². The Kier molecular flexibility index (Phi) is 7.23. The van der Waals surface area contributed by atoms with Gasteiger partial charge in [0.05, 0.1) is 24.8 Å². The van der Waals surface area contributed by atoms with Gasteiger partial charge in [0, 0.05) is 19.2 Å². The molecule has 33 heavy (non-hydrogen) atoms. The fourth-order valence-electron chi connectivity index (χ4n) is 3.33. The molecule has 3 rings (SSSR count). The fourth-order valence-corrected chi connectivity index (χ4v) is 4.67. The van der Waals surface area contributed by atoms with Crippen LogP contribution in [0.1, 0.15) is 21.5 Å². The zero-order valence-corrected chi connectivity index (χ0v) is 19.6. The van der Waals surface area contributed by atoms with Crippen LogP contribution in [0.25, 0.3) is 0 Å². The lowest BCUT2D eigenvalue weighted by atomic mass is 10.1. The predicted octanol–water partition coefficient (Wildman–Crippen LogP) is 4.22. The first-order valence-corrected chi connectivity index (χ1v) is 11.5. The smallest absolute Gasteiger partial charge is 0.262 e. The molecule has 3 aromatic carbocycles. The summed E-state index contributed by atoms with van der Waals surface area (Å²) in [5.74, 6) is -0.442. The van der Waals surface area contributed by atoms with Crippen molar-refractivity contribution in [3.05, 3.63) is 83.2 Å². The van der Waals surface area contributed by atoms with Crippen molar-refractivity contribution >= 4 is 21.6 Å². The second-order valence-corrected chi connectivity index (χ2v) is 9.07. The number of nitrogens with one attached hydrogen (secondary N) is 1. The summed E-state index contributed by atoms with van der Waals surface area (Å²) in [6.45, 7) is 1.78. The van der Waals surface area contributed by atoms with E-state index < -0.39 is 21.7 Å². The van der Waals surface area contributed by atoms with Crippen LogP contribution in [0.3, 0.4) is 0 Å². The van der Waals surface area contributed by atoms with Crippen molar-refractivity contribution in [2.75, 3.05) is 26.0 Å². The van der Waals surface area contributed by atoms with Gasteiger partial charge in [-0.1, -0.05) is 24.3 Å². The maximum atomic E-state index is 14.0. The topological polar surface area (TPSA) is 84.9 Å². The molecule has 0 fully saturated rings. The van der Waals surface area contributed by atoms with Gasteiger partial charge in [-0.2, -0.15) is 0 Å². The van der Waals surface area contributed by atoms with Crippen molar-refractivity contribution in [1.29, 1.82) is 0 Å². The standard InChI is InChI=1S/C24H25FN2O5S/c1-16-9-11-18(24(28)27(2)15-17-10-12-21(31-3)19(25)13-17)14-23(16)33(29,30)26-20-7-5-6-8-22(20)32-4/h5-14,26H,15H2,1-4H3. The Balaban J connectivity index is 1.85. The molecule has 9 heteroatoms. The number of methoxy groups -OCH3 is 2. The molecule has 7 nitrogen and oxygen atoms in total. The van der Waals surface area contributed by atoms with Crippen molar-refractivity contribution in [3.8, 4) is 11.5 Å². The largest absolute Gasteiger partial charge is 0.495 e. The molecule has 0 spiro atoms. The lowest BCUT2D eigenvalue weighted by molar-refractivity contribution is 0.0784. The molecule has 3 aromatic rings. The summed E-state index contributed by atoms with van der Waals surface area (Å²) in [6.07, 6.45) is 0. The van der Waals surface area contributed by atoms with Gasteiger partial charge in [0.2, 0.25) is 0 Å². The van der Waals surface area contributed by atoms with E-state index in [0.717, 1.165) is 0 Å². The number of aryl methyl sites for hydroxylation is 1. The van der Waals surface area contributed by atoms with Crippen LogP contribution in [0.4, 0.5) is 10.1 Å². The van der Waals surface area contributed by atoms with E-state index >= 15 is 0 Å². The van der Waals surface area contributed by atoms with Gasteiger partial charge in [0.15, 0.2) is 11.6 Å². The van der Waals surface area contributed by atoms with Crippen molar-refractivity contribution in [2.24, 2.45) is 0 Å². The molecular weight excluding hydrogens is 447 g/mol. The van der Waals surface area contributed by atoms with Gasteiger partial charge in [-0.05, 0) is 54.4 Å². The molecule has 1 amide bonds. The van der Waals surface area contributed by atoms with Crippen molar-refractivity contribution in [1.82, 2.24) is 4.90 Å². The molecule has 0 heterocycles. The lowest BCUT2D eigenvalue weighted by Crippen LogP contribution is -2.26. The number of hydrogen-bond acceptors (Lipinski definition) is 5. The number of halogens is 1. The number of para-hydroxylation sites is 2. The molecule has 0 aliphatic rings.